The fraction of sp³-hybridized carbons (Fsp3) is 0.750. The van der Waals surface area contributed by atoms with E-state index >= 15 is 0 Å². The molecule has 0 amide bonds. The van der Waals surface area contributed by atoms with Gasteiger partial charge in [0.05, 0.1) is 5.54 Å². The molecule has 2 N–H and O–H groups in total. The Bertz CT molecular complexity index is 268. The summed E-state index contributed by atoms with van der Waals surface area (Å²) in [5.41, 5.74) is 5.68. The van der Waals surface area contributed by atoms with E-state index in [2.05, 4.69) is 21.6 Å². The molecule has 0 aromatic carbocycles. The van der Waals surface area contributed by atoms with Gasteiger partial charge < -0.3 is 10.3 Å². The third kappa shape index (κ3) is 1.03. The van der Waals surface area contributed by atoms with Crippen molar-refractivity contribution in [2.45, 2.75) is 25.8 Å². The summed E-state index contributed by atoms with van der Waals surface area (Å²) in [5, 5.41) is 3.77. The van der Waals surface area contributed by atoms with Gasteiger partial charge in [-0.2, -0.15) is 4.98 Å². The van der Waals surface area contributed by atoms with E-state index in [-0.39, 0.29) is 0 Å². The highest BCUT2D eigenvalue weighted by Crippen LogP contribution is 2.48. The molecule has 66 valence electrons. The summed E-state index contributed by atoms with van der Waals surface area (Å²) in [4.78, 5) is 3.98. The largest absolute Gasteiger partial charge is 0.343 e. The lowest BCUT2D eigenvalue weighted by Gasteiger charge is -2.19. The monoisotopic (exact) mass is 167 g/mol. The van der Waals surface area contributed by atoms with Crippen molar-refractivity contribution in [1.82, 2.24) is 10.1 Å². The molecule has 0 saturated heterocycles. The molecular weight excluding hydrogens is 154 g/mol. The zero-order valence-electron chi connectivity index (χ0n) is 7.32. The van der Waals surface area contributed by atoms with E-state index < -0.39 is 5.54 Å². The zero-order valence-corrected chi connectivity index (χ0v) is 7.32. The molecule has 4 nitrogen and oxygen atoms in total. The Morgan fingerprint density at radius 2 is 2.42 bits per heavy atom. The number of nitrogens with two attached hydrogens (primary N) is 1. The Morgan fingerprint density at radius 1 is 1.75 bits per heavy atom. The summed E-state index contributed by atoms with van der Waals surface area (Å²) in [6.07, 6.45) is 2.50. The van der Waals surface area contributed by atoms with Crippen molar-refractivity contribution >= 4 is 0 Å². The molecule has 1 fully saturated rings. The number of rotatable bonds is 2. The second kappa shape index (κ2) is 2.29. The lowest BCUT2D eigenvalue weighted by atomic mass is 9.95. The van der Waals surface area contributed by atoms with Crippen LogP contribution in [0.2, 0.25) is 0 Å². The molecule has 1 heterocycles. The number of aromatic nitrogens is 2. The predicted octanol–water partition coefficient (Wildman–Crippen LogP) is 0.899. The molecule has 4 heteroatoms. The van der Waals surface area contributed by atoms with Gasteiger partial charge in [0, 0.05) is 0 Å². The van der Waals surface area contributed by atoms with Crippen LogP contribution < -0.4 is 5.73 Å². The Morgan fingerprint density at radius 3 is 2.83 bits per heavy atom. The summed E-state index contributed by atoms with van der Waals surface area (Å²) in [6.45, 7) is 4.15. The van der Waals surface area contributed by atoms with Crippen LogP contribution in [0, 0.1) is 11.8 Å². The minimum atomic E-state index is -0.410. The van der Waals surface area contributed by atoms with Crippen molar-refractivity contribution in [3.05, 3.63) is 12.2 Å². The Kier molecular flexibility index (Phi) is 1.48. The van der Waals surface area contributed by atoms with Gasteiger partial charge in [-0.25, -0.2) is 0 Å². The molecule has 3 unspecified atom stereocenters. The van der Waals surface area contributed by atoms with Crippen LogP contribution >= 0.6 is 0 Å². The molecule has 12 heavy (non-hydrogen) atoms. The fourth-order valence-corrected chi connectivity index (χ4v) is 1.73. The molecule has 3 atom stereocenters. The van der Waals surface area contributed by atoms with Gasteiger partial charge in [-0.05, 0) is 25.2 Å². The average molecular weight is 167 g/mol. The molecule has 1 aromatic rings. The SMILES string of the molecule is CC1CC1C(C)(N)c1ncon1. The smallest absolute Gasteiger partial charge is 0.213 e. The van der Waals surface area contributed by atoms with Crippen LogP contribution in [0.15, 0.2) is 10.9 Å². The minimum Gasteiger partial charge on any atom is -0.343 e. The van der Waals surface area contributed by atoms with E-state index in [9.17, 15) is 0 Å². The summed E-state index contributed by atoms with van der Waals surface area (Å²) in [7, 11) is 0. The van der Waals surface area contributed by atoms with Crippen LogP contribution in [0.25, 0.3) is 0 Å². The lowest BCUT2D eigenvalue weighted by Crippen LogP contribution is -2.37. The molecule has 2 rings (SSSR count). The van der Waals surface area contributed by atoms with Gasteiger partial charge in [0.1, 0.15) is 0 Å². The van der Waals surface area contributed by atoms with Crippen molar-refractivity contribution in [3.63, 3.8) is 0 Å². The lowest BCUT2D eigenvalue weighted by molar-refractivity contribution is 0.345. The topological polar surface area (TPSA) is 64.9 Å². The third-order valence-electron chi connectivity index (χ3n) is 2.72. The summed E-state index contributed by atoms with van der Waals surface area (Å²) < 4.78 is 4.67. The number of hydrogen-bond acceptors (Lipinski definition) is 4. The first-order chi connectivity index (χ1) is 5.62. The first-order valence-corrected chi connectivity index (χ1v) is 4.18. The zero-order chi connectivity index (χ0) is 8.77. The normalized spacial score (nSPS) is 32.9. The fourth-order valence-electron chi connectivity index (χ4n) is 1.73. The molecule has 0 bridgehead atoms. The molecule has 0 aliphatic heterocycles. The summed E-state index contributed by atoms with van der Waals surface area (Å²) in [5.74, 6) is 1.82. The van der Waals surface area contributed by atoms with E-state index in [4.69, 9.17) is 5.73 Å². The van der Waals surface area contributed by atoms with Crippen LogP contribution in [0.4, 0.5) is 0 Å². The van der Waals surface area contributed by atoms with Gasteiger partial charge in [-0.3, -0.25) is 0 Å². The maximum atomic E-state index is 6.09. The van der Waals surface area contributed by atoms with Crippen LogP contribution in [0.1, 0.15) is 26.1 Å². The van der Waals surface area contributed by atoms with Gasteiger partial charge in [0.2, 0.25) is 6.39 Å². The van der Waals surface area contributed by atoms with Crippen molar-refractivity contribution in [3.8, 4) is 0 Å². The van der Waals surface area contributed by atoms with Crippen LogP contribution in [-0.2, 0) is 5.54 Å². The van der Waals surface area contributed by atoms with E-state index in [1.165, 1.54) is 12.8 Å². The summed E-state index contributed by atoms with van der Waals surface area (Å²) in [6, 6.07) is 0. The predicted molar refractivity (Wildman–Crippen MR) is 43.1 cm³/mol. The van der Waals surface area contributed by atoms with E-state index in [0.29, 0.717) is 17.7 Å². The molecule has 0 spiro atoms. The average Bonchev–Trinajstić information content (AvgIpc) is 2.53. The molecule has 1 saturated carbocycles. The van der Waals surface area contributed by atoms with Gasteiger partial charge >= 0.3 is 0 Å². The minimum absolute atomic E-state index is 0.410. The van der Waals surface area contributed by atoms with Crippen LogP contribution in [-0.4, -0.2) is 10.1 Å². The number of nitrogens with zero attached hydrogens (tertiary/aromatic N) is 2. The van der Waals surface area contributed by atoms with E-state index in [0.717, 1.165) is 0 Å². The molecule has 1 aliphatic carbocycles. The van der Waals surface area contributed by atoms with Gasteiger partial charge in [0.15, 0.2) is 5.82 Å². The Labute approximate surface area is 71.1 Å². The second-order valence-electron chi connectivity index (χ2n) is 3.86. The van der Waals surface area contributed by atoms with Crippen LogP contribution in [0.3, 0.4) is 0 Å². The first-order valence-electron chi connectivity index (χ1n) is 4.18. The van der Waals surface area contributed by atoms with Gasteiger partial charge in [-0.15, -0.1) is 0 Å². The van der Waals surface area contributed by atoms with Crippen molar-refractivity contribution in [2.75, 3.05) is 0 Å². The first kappa shape index (κ1) is 7.73. The van der Waals surface area contributed by atoms with E-state index in [1.807, 2.05) is 6.92 Å². The summed E-state index contributed by atoms with van der Waals surface area (Å²) >= 11 is 0. The van der Waals surface area contributed by atoms with Crippen molar-refractivity contribution in [1.29, 1.82) is 0 Å². The Balaban J connectivity index is 2.21. The molecule has 0 radical (unpaired) electrons. The van der Waals surface area contributed by atoms with Crippen molar-refractivity contribution in [2.24, 2.45) is 17.6 Å². The maximum Gasteiger partial charge on any atom is 0.213 e. The number of hydrogen-bond donors (Lipinski definition) is 1. The highest BCUT2D eigenvalue weighted by atomic mass is 16.5. The second-order valence-corrected chi connectivity index (χ2v) is 3.86. The Hall–Kier alpha value is -0.900. The van der Waals surface area contributed by atoms with Crippen LogP contribution in [0.5, 0.6) is 0 Å². The quantitative estimate of drug-likeness (QED) is 0.710. The molecular formula is C8H13N3O. The third-order valence-corrected chi connectivity index (χ3v) is 2.72. The molecule has 1 aromatic heterocycles. The van der Waals surface area contributed by atoms with Crippen molar-refractivity contribution < 1.29 is 4.52 Å². The van der Waals surface area contributed by atoms with E-state index in [1.54, 1.807) is 0 Å². The standard InChI is InChI=1S/C8H13N3O/c1-5-3-6(5)8(2,9)7-10-4-12-11-7/h4-6H,3,9H2,1-2H3. The highest BCUT2D eigenvalue weighted by Gasteiger charge is 2.48. The highest BCUT2D eigenvalue weighted by molar-refractivity contribution is 5.09. The molecule has 1 aliphatic rings. The van der Waals surface area contributed by atoms with Gasteiger partial charge in [-0.1, -0.05) is 12.1 Å². The maximum absolute atomic E-state index is 6.09. The van der Waals surface area contributed by atoms with Gasteiger partial charge in [0.25, 0.3) is 0 Å².